The van der Waals surface area contributed by atoms with E-state index < -0.39 is 60.4 Å². The fourth-order valence-corrected chi connectivity index (χ4v) is 6.01. The lowest BCUT2D eigenvalue weighted by molar-refractivity contribution is -0.153. The number of carbonyl (C=O) groups is 2. The molecule has 2 atom stereocenters. The highest BCUT2D eigenvalue weighted by Crippen LogP contribution is 2.38. The van der Waals surface area contributed by atoms with Crippen molar-refractivity contribution >= 4 is 63.2 Å². The van der Waals surface area contributed by atoms with Crippen molar-refractivity contribution in [3.63, 3.8) is 0 Å². The number of oxazole rings is 1. The third-order valence-corrected chi connectivity index (χ3v) is 8.82. The van der Waals surface area contributed by atoms with Gasteiger partial charge in [0.05, 0.1) is 27.9 Å². The first kappa shape index (κ1) is 38.0. The second-order valence-corrected chi connectivity index (χ2v) is 14.3. The molecule has 2 heterocycles. The highest BCUT2D eigenvalue weighted by molar-refractivity contribution is 7.80. The molecule has 51 heavy (non-hydrogen) atoms. The third-order valence-electron chi connectivity index (χ3n) is 7.45. The van der Waals surface area contributed by atoms with Crippen LogP contribution in [0.15, 0.2) is 58.0 Å². The minimum absolute atomic E-state index is 0.0186. The zero-order chi connectivity index (χ0) is 37.0. The van der Waals surface area contributed by atoms with Gasteiger partial charge < -0.3 is 23.4 Å². The fourth-order valence-electron chi connectivity index (χ4n) is 4.98. The molecule has 0 radical (unpaired) electrons. The van der Waals surface area contributed by atoms with Crippen molar-refractivity contribution in [3.05, 3.63) is 80.5 Å². The van der Waals surface area contributed by atoms with Crippen molar-refractivity contribution in [3.8, 4) is 11.5 Å². The summed E-state index contributed by atoms with van der Waals surface area (Å²) >= 11 is 10.1. The van der Waals surface area contributed by atoms with E-state index in [9.17, 15) is 31.9 Å². The highest BCUT2D eigenvalue weighted by atomic mass is 35.5. The zero-order valence-electron chi connectivity index (χ0n) is 27.5. The van der Waals surface area contributed by atoms with Gasteiger partial charge in [0.25, 0.3) is 11.3 Å². The molecule has 0 saturated heterocycles. The van der Waals surface area contributed by atoms with E-state index in [1.54, 1.807) is 20.8 Å². The number of pyridine rings is 1. The number of ether oxygens (including phenoxy) is 4. The number of esters is 2. The number of hydrogen-bond acceptors (Lipinski definition) is 10. The first-order chi connectivity index (χ1) is 24.1. The molecule has 0 bridgehead atoms. The summed E-state index contributed by atoms with van der Waals surface area (Å²) in [6.07, 6.45) is 3.42. The minimum atomic E-state index is -3.11. The monoisotopic (exact) mass is 771 g/mol. The second kappa shape index (κ2) is 16.0. The summed E-state index contributed by atoms with van der Waals surface area (Å²) in [4.78, 5) is 42.7. The van der Waals surface area contributed by atoms with Gasteiger partial charge in [-0.2, -0.15) is 8.78 Å². The number of nitrogens with zero attached hydrogens (tertiary/aromatic N) is 3. The van der Waals surface area contributed by atoms with Gasteiger partial charge in [-0.15, -0.1) is 0 Å². The predicted molar refractivity (Wildman–Crippen MR) is 183 cm³/mol. The lowest BCUT2D eigenvalue weighted by Crippen LogP contribution is -2.35. The molecule has 1 fully saturated rings. The molecule has 5 rings (SSSR count). The molecular formula is C33H33Cl2F2N3O10S. The van der Waals surface area contributed by atoms with Crippen molar-refractivity contribution in [2.24, 2.45) is 5.92 Å². The number of aromatic nitrogens is 2. The third kappa shape index (κ3) is 10.2. The van der Waals surface area contributed by atoms with E-state index in [-0.39, 0.29) is 57.3 Å². The molecule has 1 saturated carbocycles. The van der Waals surface area contributed by atoms with Gasteiger partial charge in [0.15, 0.2) is 17.1 Å². The second-order valence-electron chi connectivity index (χ2n) is 12.6. The Morgan fingerprint density at radius 3 is 2.43 bits per heavy atom. The summed E-state index contributed by atoms with van der Waals surface area (Å²) in [6, 6.07) is 8.13. The van der Waals surface area contributed by atoms with Gasteiger partial charge in [-0.3, -0.25) is 28.0 Å². The van der Waals surface area contributed by atoms with Crippen LogP contribution in [0.4, 0.5) is 14.5 Å². The molecule has 1 aliphatic rings. The smallest absolute Gasteiger partial charge is 0.420 e. The number of carbonyl (C=O) groups excluding carboxylic acids is 2. The Morgan fingerprint density at radius 1 is 1.10 bits per heavy atom. The van der Waals surface area contributed by atoms with E-state index in [0.29, 0.717) is 11.1 Å². The molecule has 0 spiro atoms. The normalized spacial score (nSPS) is 14.3. The van der Waals surface area contributed by atoms with E-state index in [2.05, 4.69) is 9.72 Å². The molecule has 1 aliphatic carbocycles. The van der Waals surface area contributed by atoms with Crippen LogP contribution in [-0.4, -0.2) is 55.6 Å². The fraction of sp³-hybridized carbons (Fsp3) is 0.394. The van der Waals surface area contributed by atoms with Crippen LogP contribution in [0.5, 0.6) is 11.5 Å². The van der Waals surface area contributed by atoms with Crippen molar-refractivity contribution in [2.75, 3.05) is 17.5 Å². The summed E-state index contributed by atoms with van der Waals surface area (Å²) in [6.45, 7) is 0.890. The van der Waals surface area contributed by atoms with Gasteiger partial charge in [0.1, 0.15) is 24.8 Å². The maximum absolute atomic E-state index is 13.5. The number of rotatable bonds is 15. The van der Waals surface area contributed by atoms with E-state index in [1.165, 1.54) is 48.8 Å². The molecule has 1 N–H and O–H groups in total. The average Bonchev–Trinajstić information content (AvgIpc) is 3.82. The quantitative estimate of drug-likeness (QED) is 0.104. The van der Waals surface area contributed by atoms with Crippen molar-refractivity contribution in [1.82, 2.24) is 9.55 Å². The number of alkyl halides is 2. The molecule has 2 unspecified atom stereocenters. The maximum Gasteiger partial charge on any atom is 0.420 e. The van der Waals surface area contributed by atoms with Gasteiger partial charge in [0, 0.05) is 24.9 Å². The summed E-state index contributed by atoms with van der Waals surface area (Å²) in [5.74, 6) is -2.51. The summed E-state index contributed by atoms with van der Waals surface area (Å²) in [5.41, 5.74) is 0.0246. The van der Waals surface area contributed by atoms with Crippen LogP contribution >= 0.6 is 23.2 Å². The van der Waals surface area contributed by atoms with E-state index in [0.717, 1.165) is 21.7 Å². The number of fused-ring (bicyclic) bond motifs is 1. The molecule has 0 amide bonds. The zero-order valence-corrected chi connectivity index (χ0v) is 29.8. The van der Waals surface area contributed by atoms with Gasteiger partial charge in [-0.1, -0.05) is 29.3 Å². The summed E-state index contributed by atoms with van der Waals surface area (Å²) < 4.78 is 77.0. The van der Waals surface area contributed by atoms with E-state index >= 15 is 0 Å². The van der Waals surface area contributed by atoms with Gasteiger partial charge in [-0.25, -0.2) is 9.00 Å². The predicted octanol–water partition coefficient (Wildman–Crippen LogP) is 6.50. The number of hydrogen-bond donors (Lipinski definition) is 1. The highest BCUT2D eigenvalue weighted by Gasteiger charge is 2.27. The molecule has 274 valence electrons. The van der Waals surface area contributed by atoms with Crippen LogP contribution in [0.25, 0.3) is 11.1 Å². The Labute approximate surface area is 302 Å². The van der Waals surface area contributed by atoms with Gasteiger partial charge in [0.2, 0.25) is 0 Å². The molecule has 2 aromatic carbocycles. The van der Waals surface area contributed by atoms with Crippen LogP contribution in [0.1, 0.15) is 50.8 Å². The molecule has 4 aromatic rings. The minimum Gasteiger partial charge on any atom is -0.489 e. The van der Waals surface area contributed by atoms with Crippen molar-refractivity contribution in [1.29, 1.82) is 0 Å². The Kier molecular flexibility index (Phi) is 11.9. The molecule has 18 heteroatoms. The van der Waals surface area contributed by atoms with Crippen LogP contribution in [0.2, 0.25) is 10.0 Å². The van der Waals surface area contributed by atoms with E-state index in [1.807, 2.05) is 0 Å². The largest absolute Gasteiger partial charge is 0.489 e. The van der Waals surface area contributed by atoms with Crippen molar-refractivity contribution in [2.45, 2.75) is 64.9 Å². The lowest BCUT2D eigenvalue weighted by Gasteiger charge is -2.23. The molecule has 13 nitrogen and oxygen atoms in total. The number of benzene rings is 2. The van der Waals surface area contributed by atoms with Crippen LogP contribution in [0, 0.1) is 5.92 Å². The Hall–Kier alpha value is -4.25. The average molecular weight is 773 g/mol. The van der Waals surface area contributed by atoms with Gasteiger partial charge >= 0.3 is 24.3 Å². The Balaban J connectivity index is 1.42. The number of halogens is 4. The van der Waals surface area contributed by atoms with Crippen LogP contribution < -0.4 is 19.5 Å². The standard InChI is InChI=1S/C33H33Cl2F2N3O10S/c1-33(2,3)50-30(42)16-40(51(44)45)20-7-8-24-27(11-20)49-32(43)39(24)15-29(41)47-26(12-21-22(34)13-38-14-23(21)35)19-6-9-25(48-31(36)37)28(10-19)46-17-18-4-5-18/h6-11,13-14,18,26,31H,4-5,12,15-17H2,1-3H3,(H,44,45). The SMILES string of the molecule is CC(C)(C)OC(=O)CN(c1ccc2c(c1)oc(=O)n2CC(=O)OC(Cc1c(Cl)cncc1Cl)c1ccc(OC(F)F)c(OCC2CC2)c1)S(=O)O. The maximum atomic E-state index is 13.5. The van der Waals surface area contributed by atoms with E-state index in [4.69, 9.17) is 41.8 Å². The van der Waals surface area contributed by atoms with Crippen LogP contribution in [-0.2, 0) is 43.3 Å². The summed E-state index contributed by atoms with van der Waals surface area (Å²) in [7, 11) is 0. The topological polar surface area (TPSA) is 160 Å². The van der Waals surface area contributed by atoms with Gasteiger partial charge in [-0.05, 0) is 74.9 Å². The first-order valence-corrected chi connectivity index (χ1v) is 17.3. The lowest BCUT2D eigenvalue weighted by atomic mass is 10.0. The van der Waals surface area contributed by atoms with Crippen molar-refractivity contribution < 1.29 is 50.5 Å². The Morgan fingerprint density at radius 2 is 1.80 bits per heavy atom. The van der Waals surface area contributed by atoms with Crippen LogP contribution in [0.3, 0.4) is 0 Å². The molecule has 0 aliphatic heterocycles. The molecular weight excluding hydrogens is 739 g/mol. The first-order valence-electron chi connectivity index (χ1n) is 15.5. The number of anilines is 1. The Bertz CT molecular complexity index is 1980. The summed E-state index contributed by atoms with van der Waals surface area (Å²) in [5, 5.41) is 0.368. The molecule has 2 aromatic heterocycles.